The zero-order chi connectivity index (χ0) is 11.3. The van der Waals surface area contributed by atoms with Gasteiger partial charge >= 0.3 is 0 Å². The summed E-state index contributed by atoms with van der Waals surface area (Å²) in [6.45, 7) is 1.07. The Morgan fingerprint density at radius 3 is 2.67 bits per heavy atom. The number of halogens is 2. The third kappa shape index (κ3) is 5.07. The molecule has 0 spiro atoms. The summed E-state index contributed by atoms with van der Waals surface area (Å²) in [4.78, 5) is 6.16. The average Bonchev–Trinajstić information content (AvgIpc) is 2.14. The lowest BCUT2D eigenvalue weighted by molar-refractivity contribution is 0.437. The van der Waals surface area contributed by atoms with Crippen molar-refractivity contribution >= 4 is 35.0 Å². The summed E-state index contributed by atoms with van der Waals surface area (Å²) in [7, 11) is 4.13. The molecule has 1 aromatic rings. The van der Waals surface area contributed by atoms with Crippen molar-refractivity contribution in [2.24, 2.45) is 0 Å². The lowest BCUT2D eigenvalue weighted by atomic mass is 10.3. The standard InChI is InChI=1S/C10H14Cl2N2S/c1-14(2)5-6-15-7-8-3-4-9(11)13-10(8)12/h3-4H,5-7H2,1-2H3. The van der Waals surface area contributed by atoms with Gasteiger partial charge in [0.1, 0.15) is 10.3 Å². The Balaban J connectivity index is 2.37. The smallest absolute Gasteiger partial charge is 0.134 e. The summed E-state index contributed by atoms with van der Waals surface area (Å²) < 4.78 is 0. The minimum absolute atomic E-state index is 0.446. The molecule has 5 heteroatoms. The molecule has 0 amide bonds. The van der Waals surface area contributed by atoms with Crippen molar-refractivity contribution in [1.82, 2.24) is 9.88 Å². The van der Waals surface area contributed by atoms with Crippen LogP contribution in [0.15, 0.2) is 12.1 Å². The molecule has 0 bridgehead atoms. The van der Waals surface area contributed by atoms with Crippen LogP contribution in [0, 0.1) is 0 Å². The lowest BCUT2D eigenvalue weighted by Crippen LogP contribution is -2.14. The Kier molecular flexibility index (Phi) is 5.75. The molecule has 15 heavy (non-hydrogen) atoms. The number of nitrogens with zero attached hydrogens (tertiary/aromatic N) is 2. The summed E-state index contributed by atoms with van der Waals surface area (Å²) in [5.41, 5.74) is 1.05. The van der Waals surface area contributed by atoms with Gasteiger partial charge in [-0.05, 0) is 25.7 Å². The molecule has 0 aliphatic carbocycles. The Bertz CT molecular complexity index is 318. The first kappa shape index (κ1) is 13.1. The highest BCUT2D eigenvalue weighted by Gasteiger charge is 2.02. The topological polar surface area (TPSA) is 16.1 Å². The van der Waals surface area contributed by atoms with Crippen molar-refractivity contribution in [3.05, 3.63) is 28.0 Å². The van der Waals surface area contributed by atoms with Gasteiger partial charge in [0, 0.05) is 18.1 Å². The predicted octanol–water partition coefficient (Wildman–Crippen LogP) is 3.18. The van der Waals surface area contributed by atoms with Crippen molar-refractivity contribution in [2.45, 2.75) is 5.75 Å². The minimum atomic E-state index is 0.446. The highest BCUT2D eigenvalue weighted by molar-refractivity contribution is 7.98. The molecule has 1 heterocycles. The number of thioether (sulfide) groups is 1. The number of rotatable bonds is 5. The predicted molar refractivity (Wildman–Crippen MR) is 69.0 cm³/mol. The maximum absolute atomic E-state index is 5.95. The first-order chi connectivity index (χ1) is 7.09. The number of hydrogen-bond acceptors (Lipinski definition) is 3. The van der Waals surface area contributed by atoms with Crippen molar-refractivity contribution < 1.29 is 0 Å². The average molecular weight is 265 g/mol. The Morgan fingerprint density at radius 1 is 1.33 bits per heavy atom. The van der Waals surface area contributed by atoms with Crippen LogP contribution < -0.4 is 0 Å². The second kappa shape index (κ2) is 6.59. The molecule has 0 radical (unpaired) electrons. The normalized spacial score (nSPS) is 11.0. The molecule has 2 nitrogen and oxygen atoms in total. The molecule has 0 N–H and O–H groups in total. The van der Waals surface area contributed by atoms with Gasteiger partial charge in [-0.15, -0.1) is 0 Å². The molecule has 0 saturated carbocycles. The van der Waals surface area contributed by atoms with E-state index in [4.69, 9.17) is 23.2 Å². The van der Waals surface area contributed by atoms with Gasteiger partial charge in [-0.3, -0.25) is 0 Å². The van der Waals surface area contributed by atoms with Gasteiger partial charge in [0.05, 0.1) is 0 Å². The van der Waals surface area contributed by atoms with E-state index in [9.17, 15) is 0 Å². The lowest BCUT2D eigenvalue weighted by Gasteiger charge is -2.09. The van der Waals surface area contributed by atoms with Crippen LogP contribution >= 0.6 is 35.0 Å². The molecule has 1 rings (SSSR count). The maximum Gasteiger partial charge on any atom is 0.134 e. The van der Waals surface area contributed by atoms with Crippen LogP contribution in [-0.2, 0) is 5.75 Å². The third-order valence-corrected chi connectivity index (χ3v) is 3.36. The molecule has 0 unspecified atom stereocenters. The zero-order valence-corrected chi connectivity index (χ0v) is 11.2. The molecule has 0 fully saturated rings. The van der Waals surface area contributed by atoms with Crippen LogP contribution in [-0.4, -0.2) is 36.3 Å². The number of hydrogen-bond donors (Lipinski definition) is 0. The molecule has 0 aliphatic rings. The fourth-order valence-electron chi connectivity index (χ4n) is 0.978. The maximum atomic E-state index is 5.95. The highest BCUT2D eigenvalue weighted by Crippen LogP contribution is 2.21. The van der Waals surface area contributed by atoms with Crippen LogP contribution in [0.3, 0.4) is 0 Å². The van der Waals surface area contributed by atoms with E-state index >= 15 is 0 Å². The molecule has 0 atom stereocenters. The van der Waals surface area contributed by atoms with E-state index < -0.39 is 0 Å². The first-order valence-electron chi connectivity index (χ1n) is 4.63. The Labute approximate surface area is 105 Å². The van der Waals surface area contributed by atoms with Crippen molar-refractivity contribution in [1.29, 1.82) is 0 Å². The van der Waals surface area contributed by atoms with E-state index in [0.29, 0.717) is 10.3 Å². The summed E-state index contributed by atoms with van der Waals surface area (Å²) in [5, 5.41) is 0.960. The van der Waals surface area contributed by atoms with E-state index in [1.807, 2.05) is 17.8 Å². The van der Waals surface area contributed by atoms with Crippen molar-refractivity contribution in [3.63, 3.8) is 0 Å². The monoisotopic (exact) mass is 264 g/mol. The molecular weight excluding hydrogens is 251 g/mol. The van der Waals surface area contributed by atoms with Gasteiger partial charge in [0.2, 0.25) is 0 Å². The van der Waals surface area contributed by atoms with E-state index in [1.165, 1.54) is 0 Å². The SMILES string of the molecule is CN(C)CCSCc1ccc(Cl)nc1Cl. The summed E-state index contributed by atoms with van der Waals surface area (Å²) in [6.07, 6.45) is 0. The van der Waals surface area contributed by atoms with Crippen LogP contribution in [0.4, 0.5) is 0 Å². The van der Waals surface area contributed by atoms with Crippen LogP contribution in [0.2, 0.25) is 10.3 Å². The van der Waals surface area contributed by atoms with E-state index in [1.54, 1.807) is 6.07 Å². The van der Waals surface area contributed by atoms with Crippen molar-refractivity contribution in [2.75, 3.05) is 26.4 Å². The van der Waals surface area contributed by atoms with Gasteiger partial charge in [-0.25, -0.2) is 4.98 Å². The molecule has 0 aromatic carbocycles. The van der Waals surface area contributed by atoms with Crippen molar-refractivity contribution in [3.8, 4) is 0 Å². The summed E-state index contributed by atoms with van der Waals surface area (Å²) >= 11 is 13.5. The van der Waals surface area contributed by atoms with Gasteiger partial charge in [-0.2, -0.15) is 11.8 Å². The molecule has 84 valence electrons. The number of pyridine rings is 1. The first-order valence-corrected chi connectivity index (χ1v) is 6.54. The Hall–Kier alpha value is 0.0400. The van der Waals surface area contributed by atoms with Crippen LogP contribution in [0.5, 0.6) is 0 Å². The summed E-state index contributed by atoms with van der Waals surface area (Å²) in [6, 6.07) is 3.70. The fraction of sp³-hybridized carbons (Fsp3) is 0.500. The molecule has 1 aromatic heterocycles. The van der Waals surface area contributed by atoms with Crippen LogP contribution in [0.1, 0.15) is 5.56 Å². The van der Waals surface area contributed by atoms with Gasteiger partial charge in [-0.1, -0.05) is 29.3 Å². The van der Waals surface area contributed by atoms with E-state index in [-0.39, 0.29) is 0 Å². The quantitative estimate of drug-likeness (QED) is 0.601. The second-order valence-corrected chi connectivity index (χ2v) is 5.29. The minimum Gasteiger partial charge on any atom is -0.309 e. The van der Waals surface area contributed by atoms with E-state index in [0.717, 1.165) is 23.6 Å². The number of aromatic nitrogens is 1. The largest absolute Gasteiger partial charge is 0.309 e. The summed E-state index contributed by atoms with van der Waals surface area (Å²) in [5.74, 6) is 1.97. The van der Waals surface area contributed by atoms with Crippen LogP contribution in [0.25, 0.3) is 0 Å². The Morgan fingerprint density at radius 2 is 2.07 bits per heavy atom. The van der Waals surface area contributed by atoms with Gasteiger partial charge in [0.25, 0.3) is 0 Å². The second-order valence-electron chi connectivity index (χ2n) is 3.44. The van der Waals surface area contributed by atoms with E-state index in [2.05, 4.69) is 24.0 Å². The highest BCUT2D eigenvalue weighted by atomic mass is 35.5. The zero-order valence-electron chi connectivity index (χ0n) is 8.83. The molecular formula is C10H14Cl2N2S. The molecule has 0 aliphatic heterocycles. The molecule has 0 saturated heterocycles. The third-order valence-electron chi connectivity index (χ3n) is 1.83. The fourth-order valence-corrected chi connectivity index (χ4v) is 2.56. The van der Waals surface area contributed by atoms with Gasteiger partial charge in [0.15, 0.2) is 0 Å². The van der Waals surface area contributed by atoms with Gasteiger partial charge < -0.3 is 4.90 Å².